The lowest BCUT2D eigenvalue weighted by atomic mass is 9.75. The Morgan fingerprint density at radius 1 is 1.25 bits per heavy atom. The predicted molar refractivity (Wildman–Crippen MR) is 94.6 cm³/mol. The summed E-state index contributed by atoms with van der Waals surface area (Å²) in [7, 11) is 0. The van der Waals surface area contributed by atoms with E-state index in [1.807, 2.05) is 11.0 Å². The van der Waals surface area contributed by atoms with Crippen molar-refractivity contribution >= 4 is 11.8 Å². The van der Waals surface area contributed by atoms with Crippen LogP contribution in [-0.4, -0.2) is 41.2 Å². The molecule has 2 aliphatic rings. The molecule has 0 bridgehead atoms. The maximum Gasteiger partial charge on any atom is 0.242 e. The predicted octanol–water partition coefficient (Wildman–Crippen LogP) is 3.13. The van der Waals surface area contributed by atoms with Gasteiger partial charge in [-0.3, -0.25) is 9.59 Å². The molecule has 4 heteroatoms. The van der Waals surface area contributed by atoms with E-state index < -0.39 is 0 Å². The summed E-state index contributed by atoms with van der Waals surface area (Å²) in [6.07, 6.45) is 0.472. The van der Waals surface area contributed by atoms with E-state index in [0.29, 0.717) is 13.0 Å². The molecule has 4 nitrogen and oxygen atoms in total. The second-order valence-corrected chi connectivity index (χ2v) is 9.02. The minimum absolute atomic E-state index is 0.0145. The summed E-state index contributed by atoms with van der Waals surface area (Å²) >= 11 is 0. The third kappa shape index (κ3) is 3.06. The molecule has 0 radical (unpaired) electrons. The highest BCUT2D eigenvalue weighted by Gasteiger charge is 2.44. The fourth-order valence-electron chi connectivity index (χ4n) is 3.93. The maximum absolute atomic E-state index is 12.7. The van der Waals surface area contributed by atoms with E-state index in [-0.39, 0.29) is 35.2 Å². The van der Waals surface area contributed by atoms with Gasteiger partial charge in [-0.25, -0.2) is 0 Å². The number of fused-ring (bicyclic) bond motifs is 3. The molecule has 0 saturated carbocycles. The van der Waals surface area contributed by atoms with Gasteiger partial charge in [-0.1, -0.05) is 58.9 Å². The van der Waals surface area contributed by atoms with E-state index in [1.165, 1.54) is 11.1 Å². The Balaban J connectivity index is 1.91. The molecular weight excluding hydrogens is 300 g/mol. The van der Waals surface area contributed by atoms with Gasteiger partial charge in [0.2, 0.25) is 11.8 Å². The van der Waals surface area contributed by atoms with Gasteiger partial charge in [0.1, 0.15) is 0 Å². The van der Waals surface area contributed by atoms with Crippen LogP contribution in [0.1, 0.15) is 58.2 Å². The third-order valence-electron chi connectivity index (χ3n) is 5.06. The van der Waals surface area contributed by atoms with E-state index in [4.69, 9.17) is 0 Å². The van der Waals surface area contributed by atoms with Crippen LogP contribution in [0, 0.1) is 5.41 Å². The van der Waals surface area contributed by atoms with Gasteiger partial charge in [-0.15, -0.1) is 0 Å². The van der Waals surface area contributed by atoms with Crippen molar-refractivity contribution in [3.05, 3.63) is 35.4 Å². The first kappa shape index (κ1) is 17.0. The van der Waals surface area contributed by atoms with Crippen LogP contribution >= 0.6 is 0 Å². The molecule has 1 saturated heterocycles. The summed E-state index contributed by atoms with van der Waals surface area (Å²) in [5, 5.41) is 0. The van der Waals surface area contributed by atoms with Crippen LogP contribution in [0.4, 0.5) is 0 Å². The van der Waals surface area contributed by atoms with Crippen LogP contribution < -0.4 is 0 Å². The lowest BCUT2D eigenvalue weighted by Crippen LogP contribution is -2.58. The molecule has 2 amide bonds. The fraction of sp³-hybridized carbons (Fsp3) is 0.600. The van der Waals surface area contributed by atoms with E-state index in [2.05, 4.69) is 52.8 Å². The average molecular weight is 328 g/mol. The van der Waals surface area contributed by atoms with E-state index >= 15 is 0 Å². The topological polar surface area (TPSA) is 40.6 Å². The van der Waals surface area contributed by atoms with Crippen molar-refractivity contribution in [1.29, 1.82) is 0 Å². The van der Waals surface area contributed by atoms with Gasteiger partial charge in [-0.05, 0) is 16.5 Å². The lowest BCUT2D eigenvalue weighted by Gasteiger charge is -2.49. The number of nitrogens with zero attached hydrogens (tertiary/aromatic N) is 2. The molecule has 0 aliphatic carbocycles. The fourth-order valence-corrected chi connectivity index (χ4v) is 3.93. The van der Waals surface area contributed by atoms with Crippen molar-refractivity contribution in [1.82, 2.24) is 9.80 Å². The number of benzene rings is 1. The monoisotopic (exact) mass is 328 g/mol. The zero-order valence-corrected chi connectivity index (χ0v) is 15.4. The smallest absolute Gasteiger partial charge is 0.242 e. The third-order valence-corrected chi connectivity index (χ3v) is 5.06. The first-order valence-electron chi connectivity index (χ1n) is 8.75. The Hall–Kier alpha value is -1.84. The molecule has 3 rings (SSSR count). The molecule has 24 heavy (non-hydrogen) atoms. The highest BCUT2D eigenvalue weighted by Crippen LogP contribution is 2.41. The summed E-state index contributed by atoms with van der Waals surface area (Å²) in [5.74, 6) is 0.147. The minimum atomic E-state index is -0.0657. The first-order valence-corrected chi connectivity index (χ1v) is 8.75. The highest BCUT2D eigenvalue weighted by atomic mass is 16.2. The van der Waals surface area contributed by atoms with Gasteiger partial charge in [0, 0.05) is 24.9 Å². The summed E-state index contributed by atoms with van der Waals surface area (Å²) in [6.45, 7) is 12.1. The number of carbonyl (C=O) groups is 2. The zero-order valence-electron chi connectivity index (χ0n) is 15.4. The molecular formula is C20H28N2O2. The van der Waals surface area contributed by atoms with Crippen LogP contribution in [0.2, 0.25) is 0 Å². The second kappa shape index (κ2) is 5.61. The average Bonchev–Trinajstić information content (AvgIpc) is 2.46. The highest BCUT2D eigenvalue weighted by molar-refractivity contribution is 5.87. The number of piperazine rings is 1. The molecule has 130 valence electrons. The van der Waals surface area contributed by atoms with Crippen molar-refractivity contribution in [3.63, 3.8) is 0 Å². The van der Waals surface area contributed by atoms with Crippen molar-refractivity contribution in [2.45, 2.75) is 52.5 Å². The van der Waals surface area contributed by atoms with Gasteiger partial charge in [0.15, 0.2) is 0 Å². The Morgan fingerprint density at radius 2 is 1.92 bits per heavy atom. The Labute approximate surface area is 144 Å². The summed E-state index contributed by atoms with van der Waals surface area (Å²) < 4.78 is 0. The number of carbonyl (C=O) groups excluding carboxylic acids is 2. The van der Waals surface area contributed by atoms with Crippen LogP contribution in [0.5, 0.6) is 0 Å². The largest absolute Gasteiger partial charge is 0.331 e. The van der Waals surface area contributed by atoms with E-state index in [9.17, 15) is 9.59 Å². The van der Waals surface area contributed by atoms with Crippen LogP contribution in [0.25, 0.3) is 0 Å². The standard InChI is InChI=1S/C20H28N2O2/c1-19(2,3)10-17(23)21-11-16-14-8-6-7-9-15(14)20(4,5)13-22(16)18(24)12-21/h6-9,16H,10-13H2,1-5H3. The van der Waals surface area contributed by atoms with Crippen molar-refractivity contribution in [2.24, 2.45) is 5.41 Å². The van der Waals surface area contributed by atoms with Crippen molar-refractivity contribution in [2.75, 3.05) is 19.6 Å². The number of hydrogen-bond acceptors (Lipinski definition) is 2. The number of amides is 2. The van der Waals surface area contributed by atoms with Crippen molar-refractivity contribution < 1.29 is 9.59 Å². The van der Waals surface area contributed by atoms with Crippen molar-refractivity contribution in [3.8, 4) is 0 Å². The van der Waals surface area contributed by atoms with Crippen LogP contribution in [-0.2, 0) is 15.0 Å². The molecule has 1 aromatic rings. The summed E-state index contributed by atoms with van der Waals surface area (Å²) in [6, 6.07) is 8.34. The SMILES string of the molecule is CC(C)(C)CC(=O)N1CC(=O)N2CC(C)(C)c3ccccc3C2C1. The Kier molecular flexibility index (Phi) is 3.97. The molecule has 2 heterocycles. The molecule has 1 fully saturated rings. The second-order valence-electron chi connectivity index (χ2n) is 9.02. The normalized spacial score (nSPS) is 22.9. The zero-order chi connectivity index (χ0) is 17.7. The Morgan fingerprint density at radius 3 is 2.58 bits per heavy atom. The van der Waals surface area contributed by atoms with Crippen LogP contribution in [0.15, 0.2) is 24.3 Å². The van der Waals surface area contributed by atoms with Gasteiger partial charge < -0.3 is 9.80 Å². The molecule has 1 aromatic carbocycles. The van der Waals surface area contributed by atoms with Gasteiger partial charge in [0.05, 0.1) is 12.6 Å². The molecule has 2 aliphatic heterocycles. The molecule has 1 unspecified atom stereocenters. The number of rotatable bonds is 1. The molecule has 0 spiro atoms. The molecule has 0 aromatic heterocycles. The van der Waals surface area contributed by atoms with E-state index in [0.717, 1.165) is 6.54 Å². The first-order chi connectivity index (χ1) is 11.1. The van der Waals surface area contributed by atoms with Gasteiger partial charge >= 0.3 is 0 Å². The van der Waals surface area contributed by atoms with Crippen LogP contribution in [0.3, 0.4) is 0 Å². The summed E-state index contributed by atoms with van der Waals surface area (Å²) in [4.78, 5) is 29.1. The molecule has 1 atom stereocenters. The minimum Gasteiger partial charge on any atom is -0.331 e. The molecule has 0 N–H and O–H groups in total. The van der Waals surface area contributed by atoms with Gasteiger partial charge in [0.25, 0.3) is 0 Å². The quantitative estimate of drug-likeness (QED) is 0.795. The summed E-state index contributed by atoms with van der Waals surface area (Å²) in [5.41, 5.74) is 2.36. The lowest BCUT2D eigenvalue weighted by molar-refractivity contribution is -0.151. The Bertz CT molecular complexity index is 672. The maximum atomic E-state index is 12.7. The van der Waals surface area contributed by atoms with E-state index in [1.54, 1.807) is 4.90 Å². The number of hydrogen-bond donors (Lipinski definition) is 0. The van der Waals surface area contributed by atoms with Gasteiger partial charge in [-0.2, -0.15) is 0 Å².